The summed E-state index contributed by atoms with van der Waals surface area (Å²) in [5.74, 6) is 0. The Morgan fingerprint density at radius 1 is 1.00 bits per heavy atom. The Kier molecular flexibility index (Phi) is 3.22. The van der Waals surface area contributed by atoms with Gasteiger partial charge in [-0.05, 0) is 23.6 Å². The van der Waals surface area contributed by atoms with Crippen LogP contribution in [0.3, 0.4) is 0 Å². The van der Waals surface area contributed by atoms with Crippen LogP contribution in [0.2, 0.25) is 0 Å². The molecular weight excluding hydrogens is 248 g/mol. The Balaban J connectivity index is 2.56. The van der Waals surface area contributed by atoms with Crippen molar-refractivity contribution in [1.29, 1.82) is 0 Å². The lowest BCUT2D eigenvalue weighted by atomic mass is 9.99. The molecule has 0 unspecified atom stereocenters. The average molecular weight is 261 g/mol. The molecule has 0 spiro atoms. The fourth-order valence-electron chi connectivity index (χ4n) is 1.69. The van der Waals surface area contributed by atoms with E-state index in [2.05, 4.69) is 65.3 Å². The van der Waals surface area contributed by atoms with Gasteiger partial charge >= 0.3 is 0 Å². The van der Waals surface area contributed by atoms with Crippen molar-refractivity contribution in [3.63, 3.8) is 0 Å². The van der Waals surface area contributed by atoms with E-state index in [4.69, 9.17) is 0 Å². The van der Waals surface area contributed by atoms with Crippen LogP contribution in [0.25, 0.3) is 11.1 Å². The van der Waals surface area contributed by atoms with Crippen LogP contribution in [0.1, 0.15) is 11.1 Å². The molecule has 0 bridgehead atoms. The zero-order chi connectivity index (χ0) is 10.7. The summed E-state index contributed by atoms with van der Waals surface area (Å²) in [5.41, 5.74) is 5.26. The Morgan fingerprint density at radius 3 is 2.40 bits per heavy atom. The highest BCUT2D eigenvalue weighted by Crippen LogP contribution is 2.26. The van der Waals surface area contributed by atoms with Gasteiger partial charge in [-0.25, -0.2) is 0 Å². The van der Waals surface area contributed by atoms with Crippen molar-refractivity contribution in [2.75, 3.05) is 0 Å². The third-order valence-electron chi connectivity index (χ3n) is 2.49. The van der Waals surface area contributed by atoms with Crippen LogP contribution in [0, 0.1) is 6.92 Å². The van der Waals surface area contributed by atoms with Crippen LogP contribution in [0.5, 0.6) is 0 Å². The minimum atomic E-state index is 0.900. The van der Waals surface area contributed by atoms with Crippen molar-refractivity contribution in [3.8, 4) is 11.1 Å². The van der Waals surface area contributed by atoms with E-state index in [1.54, 1.807) is 0 Å². The summed E-state index contributed by atoms with van der Waals surface area (Å²) in [6.07, 6.45) is 0. The van der Waals surface area contributed by atoms with Gasteiger partial charge in [0, 0.05) is 5.33 Å². The minimum Gasteiger partial charge on any atom is -0.0876 e. The number of alkyl halides is 1. The molecule has 0 radical (unpaired) electrons. The fraction of sp³-hybridized carbons (Fsp3) is 0.143. The number of hydrogen-bond acceptors (Lipinski definition) is 0. The Labute approximate surface area is 99.1 Å². The first-order chi connectivity index (χ1) is 7.31. The summed E-state index contributed by atoms with van der Waals surface area (Å²) in [5, 5.41) is 0.900. The molecule has 76 valence electrons. The SMILES string of the molecule is Cc1ccc(CBr)c(-c2ccccc2)c1. The largest absolute Gasteiger partial charge is 0.0876 e. The lowest BCUT2D eigenvalue weighted by Gasteiger charge is -2.08. The van der Waals surface area contributed by atoms with Gasteiger partial charge in [-0.3, -0.25) is 0 Å². The number of aryl methyl sites for hydroxylation is 1. The van der Waals surface area contributed by atoms with Gasteiger partial charge < -0.3 is 0 Å². The number of hydrogen-bond donors (Lipinski definition) is 0. The second-order valence-electron chi connectivity index (χ2n) is 3.66. The van der Waals surface area contributed by atoms with Gasteiger partial charge in [-0.2, -0.15) is 0 Å². The molecule has 2 rings (SSSR count). The van der Waals surface area contributed by atoms with Crippen LogP contribution in [-0.2, 0) is 5.33 Å². The third kappa shape index (κ3) is 2.29. The predicted molar refractivity (Wildman–Crippen MR) is 69.2 cm³/mol. The number of rotatable bonds is 2. The van der Waals surface area contributed by atoms with Crippen molar-refractivity contribution < 1.29 is 0 Å². The van der Waals surface area contributed by atoms with E-state index >= 15 is 0 Å². The first-order valence-electron chi connectivity index (χ1n) is 5.02. The molecule has 1 heteroatoms. The molecule has 0 amide bonds. The number of halogens is 1. The van der Waals surface area contributed by atoms with E-state index in [-0.39, 0.29) is 0 Å². The van der Waals surface area contributed by atoms with Crippen molar-refractivity contribution in [1.82, 2.24) is 0 Å². The monoisotopic (exact) mass is 260 g/mol. The van der Waals surface area contributed by atoms with E-state index in [1.807, 2.05) is 6.07 Å². The zero-order valence-electron chi connectivity index (χ0n) is 8.70. The molecule has 0 saturated carbocycles. The Morgan fingerprint density at radius 2 is 1.73 bits per heavy atom. The lowest BCUT2D eigenvalue weighted by molar-refractivity contribution is 1.37. The van der Waals surface area contributed by atoms with Crippen molar-refractivity contribution in [2.24, 2.45) is 0 Å². The Bertz CT molecular complexity index is 446. The Hall–Kier alpha value is -1.08. The molecule has 2 aromatic rings. The van der Waals surface area contributed by atoms with Crippen LogP contribution >= 0.6 is 15.9 Å². The lowest BCUT2D eigenvalue weighted by Crippen LogP contribution is -1.87. The molecule has 0 saturated heterocycles. The van der Waals surface area contributed by atoms with Gasteiger partial charge in [0.05, 0.1) is 0 Å². The highest BCUT2D eigenvalue weighted by Gasteiger charge is 2.03. The summed E-state index contributed by atoms with van der Waals surface area (Å²) in [6.45, 7) is 2.13. The molecule has 2 aromatic carbocycles. The first-order valence-corrected chi connectivity index (χ1v) is 6.14. The average Bonchev–Trinajstić information content (AvgIpc) is 2.30. The van der Waals surface area contributed by atoms with Crippen LogP contribution in [0.15, 0.2) is 48.5 Å². The third-order valence-corrected chi connectivity index (χ3v) is 3.10. The van der Waals surface area contributed by atoms with Gasteiger partial charge in [-0.1, -0.05) is 70.0 Å². The first kappa shape index (κ1) is 10.4. The van der Waals surface area contributed by atoms with E-state index in [0.717, 1.165) is 5.33 Å². The van der Waals surface area contributed by atoms with Crippen molar-refractivity contribution in [3.05, 3.63) is 59.7 Å². The molecule has 0 aromatic heterocycles. The molecule has 0 N–H and O–H groups in total. The molecule has 0 aliphatic heterocycles. The molecule has 0 atom stereocenters. The summed E-state index contributed by atoms with van der Waals surface area (Å²) in [4.78, 5) is 0. The molecule has 0 nitrogen and oxygen atoms in total. The van der Waals surface area contributed by atoms with E-state index in [9.17, 15) is 0 Å². The molecule has 0 aliphatic rings. The van der Waals surface area contributed by atoms with Gasteiger partial charge in [0.1, 0.15) is 0 Å². The van der Waals surface area contributed by atoms with Crippen molar-refractivity contribution >= 4 is 15.9 Å². The molecule has 15 heavy (non-hydrogen) atoms. The van der Waals surface area contributed by atoms with Gasteiger partial charge in [0.2, 0.25) is 0 Å². The van der Waals surface area contributed by atoms with E-state index in [1.165, 1.54) is 22.3 Å². The molecule has 0 heterocycles. The minimum absolute atomic E-state index is 0.900. The molecule has 0 aliphatic carbocycles. The maximum atomic E-state index is 3.53. The van der Waals surface area contributed by atoms with Crippen molar-refractivity contribution in [2.45, 2.75) is 12.3 Å². The maximum Gasteiger partial charge on any atom is 0.0289 e. The standard InChI is InChI=1S/C14H13Br/c1-11-7-8-13(10-15)14(9-11)12-5-3-2-4-6-12/h2-9H,10H2,1H3. The summed E-state index contributed by atoms with van der Waals surface area (Å²) >= 11 is 3.53. The van der Waals surface area contributed by atoms with Gasteiger partial charge in [-0.15, -0.1) is 0 Å². The van der Waals surface area contributed by atoms with Crippen LogP contribution in [0.4, 0.5) is 0 Å². The molecular formula is C14H13Br. The second-order valence-corrected chi connectivity index (χ2v) is 4.22. The smallest absolute Gasteiger partial charge is 0.0289 e. The fourth-order valence-corrected chi connectivity index (χ4v) is 2.18. The normalized spacial score (nSPS) is 10.3. The van der Waals surface area contributed by atoms with Gasteiger partial charge in [0.15, 0.2) is 0 Å². The topological polar surface area (TPSA) is 0 Å². The van der Waals surface area contributed by atoms with Crippen LogP contribution < -0.4 is 0 Å². The summed E-state index contributed by atoms with van der Waals surface area (Å²) < 4.78 is 0. The summed E-state index contributed by atoms with van der Waals surface area (Å²) in [7, 11) is 0. The zero-order valence-corrected chi connectivity index (χ0v) is 10.3. The quantitative estimate of drug-likeness (QED) is 0.695. The van der Waals surface area contributed by atoms with Crippen LogP contribution in [-0.4, -0.2) is 0 Å². The predicted octanol–water partition coefficient (Wildman–Crippen LogP) is 4.56. The number of benzene rings is 2. The maximum absolute atomic E-state index is 3.53. The van der Waals surface area contributed by atoms with E-state index < -0.39 is 0 Å². The summed E-state index contributed by atoms with van der Waals surface area (Å²) in [6, 6.07) is 17.1. The highest BCUT2D eigenvalue weighted by molar-refractivity contribution is 9.08. The van der Waals surface area contributed by atoms with Gasteiger partial charge in [0.25, 0.3) is 0 Å². The molecule has 0 fully saturated rings. The second kappa shape index (κ2) is 4.63. The highest BCUT2D eigenvalue weighted by atomic mass is 79.9. The van der Waals surface area contributed by atoms with E-state index in [0.29, 0.717) is 0 Å².